The Labute approximate surface area is 117 Å². The topological polar surface area (TPSA) is 30.5 Å². The van der Waals surface area contributed by atoms with Gasteiger partial charge in [0.05, 0.1) is 6.61 Å². The van der Waals surface area contributed by atoms with Crippen LogP contribution in [0.3, 0.4) is 0 Å². The van der Waals surface area contributed by atoms with Crippen molar-refractivity contribution in [3.8, 4) is 18.1 Å². The van der Waals surface area contributed by atoms with E-state index in [2.05, 4.69) is 27.2 Å². The van der Waals surface area contributed by atoms with Crippen LogP contribution in [-0.2, 0) is 11.3 Å². The molecule has 0 aromatic heterocycles. The van der Waals surface area contributed by atoms with Gasteiger partial charge in [0.15, 0.2) is 0 Å². The lowest BCUT2D eigenvalue weighted by Crippen LogP contribution is -2.19. The summed E-state index contributed by atoms with van der Waals surface area (Å²) in [5.41, 5.74) is 2.16. The van der Waals surface area contributed by atoms with E-state index in [4.69, 9.17) is 15.9 Å². The maximum atomic E-state index is 5.60. The van der Waals surface area contributed by atoms with Crippen molar-refractivity contribution in [3.63, 3.8) is 0 Å². The van der Waals surface area contributed by atoms with Gasteiger partial charge in [-0.25, -0.2) is 0 Å². The van der Waals surface area contributed by atoms with E-state index in [0.717, 1.165) is 34.4 Å². The fourth-order valence-corrected chi connectivity index (χ4v) is 2.27. The molecule has 1 rings (SSSR count). The quantitative estimate of drug-likeness (QED) is 0.620. The summed E-state index contributed by atoms with van der Waals surface area (Å²) in [6.07, 6.45) is 5.23. The first-order valence-electron chi connectivity index (χ1n) is 5.74. The van der Waals surface area contributed by atoms with E-state index in [1.807, 2.05) is 19.1 Å². The number of hydrogen-bond acceptors (Lipinski definition) is 3. The Hall–Kier alpha value is -1.02. The average Bonchev–Trinajstić information content (AvgIpc) is 2.33. The molecule has 0 bridgehead atoms. The lowest BCUT2D eigenvalue weighted by atomic mass is 10.1. The highest BCUT2D eigenvalue weighted by Gasteiger charge is 2.08. The second-order valence-corrected chi connectivity index (χ2v) is 4.79. The number of ether oxygens (including phenoxy) is 2. The molecule has 0 aliphatic rings. The smallest absolute Gasteiger partial charge is 0.148 e. The summed E-state index contributed by atoms with van der Waals surface area (Å²) in [6.45, 7) is 4.51. The average molecular weight is 312 g/mol. The first-order valence-corrected chi connectivity index (χ1v) is 6.53. The number of benzene rings is 1. The standard InChI is InChI=1S/C14H18BrNO2/c1-4-6-18-14-11(2)8-13(15)9-12(14)10-16-5-7-17-3/h1,8-9,16H,5-7,10H2,2-3H3. The number of halogens is 1. The molecule has 0 heterocycles. The van der Waals surface area contributed by atoms with E-state index >= 15 is 0 Å². The number of methoxy groups -OCH3 is 1. The van der Waals surface area contributed by atoms with Gasteiger partial charge in [-0.3, -0.25) is 0 Å². The zero-order chi connectivity index (χ0) is 13.4. The molecule has 18 heavy (non-hydrogen) atoms. The van der Waals surface area contributed by atoms with Gasteiger partial charge in [0.2, 0.25) is 0 Å². The van der Waals surface area contributed by atoms with E-state index in [9.17, 15) is 0 Å². The summed E-state index contributed by atoms with van der Waals surface area (Å²) < 4.78 is 11.6. The number of rotatable bonds is 7. The second kappa shape index (κ2) is 8.15. The minimum Gasteiger partial charge on any atom is -0.480 e. The largest absolute Gasteiger partial charge is 0.480 e. The third kappa shape index (κ3) is 4.69. The van der Waals surface area contributed by atoms with Crippen molar-refractivity contribution in [2.75, 3.05) is 26.9 Å². The molecular weight excluding hydrogens is 294 g/mol. The van der Waals surface area contributed by atoms with Crippen molar-refractivity contribution in [1.29, 1.82) is 0 Å². The summed E-state index contributed by atoms with van der Waals surface area (Å²) in [5.74, 6) is 3.35. The summed E-state index contributed by atoms with van der Waals surface area (Å²) >= 11 is 3.49. The van der Waals surface area contributed by atoms with Gasteiger partial charge in [-0.1, -0.05) is 21.9 Å². The molecule has 0 atom stereocenters. The number of nitrogens with one attached hydrogen (secondary N) is 1. The zero-order valence-electron chi connectivity index (χ0n) is 10.8. The zero-order valence-corrected chi connectivity index (χ0v) is 12.3. The Bertz CT molecular complexity index is 427. The van der Waals surface area contributed by atoms with Gasteiger partial charge in [-0.2, -0.15) is 0 Å². The SMILES string of the molecule is C#CCOc1c(C)cc(Br)cc1CNCCOC. The van der Waals surface area contributed by atoms with Crippen LogP contribution in [-0.4, -0.2) is 26.9 Å². The summed E-state index contributed by atoms with van der Waals surface area (Å²) in [5, 5.41) is 3.30. The van der Waals surface area contributed by atoms with E-state index in [1.165, 1.54) is 0 Å². The molecule has 98 valence electrons. The van der Waals surface area contributed by atoms with E-state index < -0.39 is 0 Å². The molecular formula is C14H18BrNO2. The van der Waals surface area contributed by atoms with Crippen molar-refractivity contribution >= 4 is 15.9 Å². The maximum Gasteiger partial charge on any atom is 0.148 e. The number of hydrogen-bond donors (Lipinski definition) is 1. The fourth-order valence-electron chi connectivity index (χ4n) is 1.65. The van der Waals surface area contributed by atoms with Crippen LogP contribution in [0, 0.1) is 19.3 Å². The molecule has 0 unspecified atom stereocenters. The molecule has 3 nitrogen and oxygen atoms in total. The molecule has 1 N–H and O–H groups in total. The molecule has 0 saturated heterocycles. The van der Waals surface area contributed by atoms with Crippen molar-refractivity contribution in [2.24, 2.45) is 0 Å². The van der Waals surface area contributed by atoms with Crippen LogP contribution in [0.4, 0.5) is 0 Å². The Morgan fingerprint density at radius 2 is 2.22 bits per heavy atom. The van der Waals surface area contributed by atoms with Crippen molar-refractivity contribution in [2.45, 2.75) is 13.5 Å². The van der Waals surface area contributed by atoms with Crippen LogP contribution in [0.25, 0.3) is 0 Å². The number of aryl methyl sites for hydroxylation is 1. The summed E-state index contributed by atoms with van der Waals surface area (Å²) in [6, 6.07) is 4.06. The minimum absolute atomic E-state index is 0.285. The van der Waals surface area contributed by atoms with Gasteiger partial charge in [0, 0.05) is 30.2 Å². The highest BCUT2D eigenvalue weighted by atomic mass is 79.9. The first-order chi connectivity index (χ1) is 8.69. The molecule has 0 spiro atoms. The minimum atomic E-state index is 0.285. The molecule has 0 amide bonds. The predicted octanol–water partition coefficient (Wildman–Crippen LogP) is 2.51. The van der Waals surface area contributed by atoms with Gasteiger partial charge in [0.1, 0.15) is 12.4 Å². The summed E-state index contributed by atoms with van der Waals surface area (Å²) in [7, 11) is 1.69. The highest BCUT2D eigenvalue weighted by molar-refractivity contribution is 9.10. The molecule has 0 aliphatic heterocycles. The third-order valence-electron chi connectivity index (χ3n) is 2.41. The van der Waals surface area contributed by atoms with Crippen LogP contribution >= 0.6 is 15.9 Å². The van der Waals surface area contributed by atoms with Crippen LogP contribution in [0.15, 0.2) is 16.6 Å². The van der Waals surface area contributed by atoms with Gasteiger partial charge < -0.3 is 14.8 Å². The van der Waals surface area contributed by atoms with Gasteiger partial charge in [-0.05, 0) is 24.6 Å². The Kier molecular flexibility index (Phi) is 6.81. The van der Waals surface area contributed by atoms with E-state index in [0.29, 0.717) is 6.61 Å². The molecule has 1 aromatic carbocycles. The van der Waals surface area contributed by atoms with Crippen LogP contribution in [0.2, 0.25) is 0 Å². The van der Waals surface area contributed by atoms with E-state index in [-0.39, 0.29) is 6.61 Å². The molecule has 0 fully saturated rings. The normalized spacial score (nSPS) is 10.1. The predicted molar refractivity (Wildman–Crippen MR) is 76.8 cm³/mol. The fraction of sp³-hybridized carbons (Fsp3) is 0.429. The molecule has 0 aliphatic carbocycles. The van der Waals surface area contributed by atoms with Crippen molar-refractivity contribution in [1.82, 2.24) is 5.32 Å². The van der Waals surface area contributed by atoms with Gasteiger partial charge >= 0.3 is 0 Å². The Morgan fingerprint density at radius 3 is 2.89 bits per heavy atom. The van der Waals surface area contributed by atoms with Crippen LogP contribution in [0.5, 0.6) is 5.75 Å². The first kappa shape index (κ1) is 15.0. The highest BCUT2D eigenvalue weighted by Crippen LogP contribution is 2.28. The molecule has 0 radical (unpaired) electrons. The monoisotopic (exact) mass is 311 g/mol. The Balaban J connectivity index is 2.76. The van der Waals surface area contributed by atoms with Crippen LogP contribution < -0.4 is 10.1 Å². The van der Waals surface area contributed by atoms with Crippen molar-refractivity contribution < 1.29 is 9.47 Å². The second-order valence-electron chi connectivity index (χ2n) is 3.87. The van der Waals surface area contributed by atoms with Crippen LogP contribution in [0.1, 0.15) is 11.1 Å². The third-order valence-corrected chi connectivity index (χ3v) is 2.87. The molecule has 1 aromatic rings. The Morgan fingerprint density at radius 1 is 1.44 bits per heavy atom. The van der Waals surface area contributed by atoms with Gasteiger partial charge in [0.25, 0.3) is 0 Å². The lowest BCUT2D eigenvalue weighted by Gasteiger charge is -2.14. The van der Waals surface area contributed by atoms with Crippen molar-refractivity contribution in [3.05, 3.63) is 27.7 Å². The molecule has 4 heteroatoms. The van der Waals surface area contributed by atoms with Gasteiger partial charge in [-0.15, -0.1) is 6.42 Å². The number of terminal acetylenes is 1. The summed E-state index contributed by atoms with van der Waals surface area (Å²) in [4.78, 5) is 0. The molecule has 0 saturated carbocycles. The van der Waals surface area contributed by atoms with E-state index in [1.54, 1.807) is 7.11 Å². The lowest BCUT2D eigenvalue weighted by molar-refractivity contribution is 0.199. The maximum absolute atomic E-state index is 5.60.